The van der Waals surface area contributed by atoms with Crippen molar-refractivity contribution in [2.45, 2.75) is 13.5 Å². The highest BCUT2D eigenvalue weighted by Gasteiger charge is 2.06. The van der Waals surface area contributed by atoms with Crippen LogP contribution in [0, 0.1) is 6.92 Å². The van der Waals surface area contributed by atoms with Gasteiger partial charge in [0.05, 0.1) is 14.2 Å². The number of nitrogens with zero attached hydrogens (tertiary/aromatic N) is 1. The van der Waals surface area contributed by atoms with Gasteiger partial charge in [-0.1, -0.05) is 6.07 Å². The van der Waals surface area contributed by atoms with E-state index in [-0.39, 0.29) is 12.4 Å². The number of hydrogen-bond acceptors (Lipinski definition) is 5. The van der Waals surface area contributed by atoms with E-state index in [9.17, 15) is 0 Å². The number of aromatic nitrogens is 1. The van der Waals surface area contributed by atoms with Crippen LogP contribution in [0.25, 0.3) is 0 Å². The number of anilines is 2. The third-order valence-corrected chi connectivity index (χ3v) is 3.04. The van der Waals surface area contributed by atoms with Crippen LogP contribution in [0.2, 0.25) is 0 Å². The van der Waals surface area contributed by atoms with Crippen LogP contribution < -0.4 is 20.5 Å². The number of nitrogens with two attached hydrogens (primary N) is 1. The summed E-state index contributed by atoms with van der Waals surface area (Å²) in [6.07, 6.45) is 0. The number of pyridine rings is 1. The molecule has 2 rings (SSSR count). The van der Waals surface area contributed by atoms with Crippen molar-refractivity contribution in [2.75, 3.05) is 19.5 Å². The SMILES string of the molecule is COc1ccc(C)c(Nc2ccc(OC)c(CN)c2)n1.Cl. The predicted molar refractivity (Wildman–Crippen MR) is 86.9 cm³/mol. The first-order valence-electron chi connectivity index (χ1n) is 6.33. The molecule has 1 heterocycles. The molecular weight excluding hydrogens is 290 g/mol. The number of methoxy groups -OCH3 is 2. The molecule has 0 aliphatic heterocycles. The van der Waals surface area contributed by atoms with Gasteiger partial charge in [-0.15, -0.1) is 12.4 Å². The number of benzene rings is 1. The predicted octanol–water partition coefficient (Wildman–Crippen LogP) is 3.03. The molecule has 1 aromatic carbocycles. The van der Waals surface area contributed by atoms with Crippen molar-refractivity contribution in [2.24, 2.45) is 5.73 Å². The summed E-state index contributed by atoms with van der Waals surface area (Å²) in [4.78, 5) is 4.39. The standard InChI is InChI=1S/C15H19N3O2.ClH/c1-10-4-7-14(20-3)18-15(10)17-12-5-6-13(19-2)11(8-12)9-16;/h4-8H,9,16H2,1-3H3,(H,17,18);1H. The van der Waals surface area contributed by atoms with Gasteiger partial charge in [0.15, 0.2) is 0 Å². The molecular formula is C15H20ClN3O2. The summed E-state index contributed by atoms with van der Waals surface area (Å²) in [5, 5.41) is 3.27. The monoisotopic (exact) mass is 309 g/mol. The van der Waals surface area contributed by atoms with Crippen molar-refractivity contribution in [1.29, 1.82) is 0 Å². The summed E-state index contributed by atoms with van der Waals surface area (Å²) in [6.45, 7) is 2.41. The molecule has 0 saturated heterocycles. The van der Waals surface area contributed by atoms with Gasteiger partial charge >= 0.3 is 0 Å². The van der Waals surface area contributed by atoms with Gasteiger partial charge in [0.1, 0.15) is 11.6 Å². The molecule has 0 amide bonds. The molecule has 0 spiro atoms. The smallest absolute Gasteiger partial charge is 0.214 e. The molecule has 2 aromatic rings. The van der Waals surface area contributed by atoms with Gasteiger partial charge in [-0.25, -0.2) is 0 Å². The Labute approximate surface area is 130 Å². The largest absolute Gasteiger partial charge is 0.496 e. The van der Waals surface area contributed by atoms with Crippen molar-refractivity contribution < 1.29 is 9.47 Å². The van der Waals surface area contributed by atoms with Crippen LogP contribution >= 0.6 is 12.4 Å². The van der Waals surface area contributed by atoms with Crippen molar-refractivity contribution in [3.63, 3.8) is 0 Å². The number of nitrogens with one attached hydrogen (secondary N) is 1. The van der Waals surface area contributed by atoms with Gasteiger partial charge in [-0.2, -0.15) is 4.98 Å². The molecule has 0 atom stereocenters. The summed E-state index contributed by atoms with van der Waals surface area (Å²) in [6, 6.07) is 9.57. The van der Waals surface area contributed by atoms with E-state index in [4.69, 9.17) is 15.2 Å². The Balaban J connectivity index is 0.00000220. The lowest BCUT2D eigenvalue weighted by atomic mass is 10.1. The zero-order valence-electron chi connectivity index (χ0n) is 12.3. The molecule has 0 saturated carbocycles. The highest BCUT2D eigenvalue weighted by Crippen LogP contribution is 2.26. The van der Waals surface area contributed by atoms with Gasteiger partial charge in [-0.05, 0) is 30.7 Å². The van der Waals surface area contributed by atoms with E-state index in [0.717, 1.165) is 28.4 Å². The summed E-state index contributed by atoms with van der Waals surface area (Å²) in [7, 11) is 3.23. The molecule has 21 heavy (non-hydrogen) atoms. The fraction of sp³-hybridized carbons (Fsp3) is 0.267. The Bertz CT molecular complexity index is 605. The minimum Gasteiger partial charge on any atom is -0.496 e. The van der Waals surface area contributed by atoms with Gasteiger partial charge in [0.2, 0.25) is 5.88 Å². The van der Waals surface area contributed by atoms with Gasteiger partial charge < -0.3 is 20.5 Å². The van der Waals surface area contributed by atoms with Crippen LogP contribution in [0.3, 0.4) is 0 Å². The van der Waals surface area contributed by atoms with E-state index >= 15 is 0 Å². The van der Waals surface area contributed by atoms with Crippen LogP contribution in [-0.4, -0.2) is 19.2 Å². The van der Waals surface area contributed by atoms with Crippen LogP contribution in [0.1, 0.15) is 11.1 Å². The molecule has 6 heteroatoms. The van der Waals surface area contributed by atoms with Gasteiger partial charge in [0.25, 0.3) is 0 Å². The van der Waals surface area contributed by atoms with Crippen LogP contribution in [0.5, 0.6) is 11.6 Å². The number of aryl methyl sites for hydroxylation is 1. The third-order valence-electron chi connectivity index (χ3n) is 3.04. The first kappa shape index (κ1) is 17.1. The van der Waals surface area contributed by atoms with Crippen molar-refractivity contribution in [3.8, 4) is 11.6 Å². The van der Waals surface area contributed by atoms with Crippen molar-refractivity contribution in [3.05, 3.63) is 41.5 Å². The summed E-state index contributed by atoms with van der Waals surface area (Å²) in [5.41, 5.74) is 8.61. The zero-order valence-corrected chi connectivity index (χ0v) is 13.2. The number of rotatable bonds is 5. The van der Waals surface area contributed by atoms with E-state index in [1.165, 1.54) is 0 Å². The highest BCUT2D eigenvalue weighted by molar-refractivity contribution is 5.85. The average molecular weight is 310 g/mol. The Morgan fingerprint density at radius 1 is 1.14 bits per heavy atom. The van der Waals surface area contributed by atoms with E-state index < -0.39 is 0 Å². The molecule has 0 aliphatic carbocycles. The Morgan fingerprint density at radius 3 is 2.52 bits per heavy atom. The molecule has 0 unspecified atom stereocenters. The first-order valence-corrected chi connectivity index (χ1v) is 6.33. The summed E-state index contributed by atoms with van der Waals surface area (Å²) >= 11 is 0. The highest BCUT2D eigenvalue weighted by atomic mass is 35.5. The van der Waals surface area contributed by atoms with Crippen LogP contribution in [0.15, 0.2) is 30.3 Å². The number of hydrogen-bond donors (Lipinski definition) is 2. The lowest BCUT2D eigenvalue weighted by molar-refractivity contribution is 0.398. The Morgan fingerprint density at radius 2 is 1.90 bits per heavy atom. The lowest BCUT2D eigenvalue weighted by Crippen LogP contribution is -2.02. The molecule has 1 aromatic heterocycles. The lowest BCUT2D eigenvalue weighted by Gasteiger charge is -2.12. The van der Waals surface area contributed by atoms with Crippen molar-refractivity contribution >= 4 is 23.9 Å². The van der Waals surface area contributed by atoms with E-state index in [0.29, 0.717) is 12.4 Å². The molecule has 0 radical (unpaired) electrons. The fourth-order valence-electron chi connectivity index (χ4n) is 1.90. The second kappa shape index (κ2) is 7.71. The molecule has 0 bridgehead atoms. The van der Waals surface area contributed by atoms with Crippen LogP contribution in [-0.2, 0) is 6.54 Å². The topological polar surface area (TPSA) is 69.4 Å². The summed E-state index contributed by atoms with van der Waals surface area (Å²) < 4.78 is 10.4. The van der Waals surface area contributed by atoms with E-state index in [1.54, 1.807) is 14.2 Å². The number of halogens is 1. The quantitative estimate of drug-likeness (QED) is 0.888. The maximum Gasteiger partial charge on any atom is 0.214 e. The molecule has 114 valence electrons. The minimum atomic E-state index is 0. The third kappa shape index (κ3) is 4.00. The zero-order chi connectivity index (χ0) is 14.5. The molecule has 0 aliphatic rings. The van der Waals surface area contributed by atoms with E-state index in [2.05, 4.69) is 10.3 Å². The Kier molecular flexibility index (Phi) is 6.27. The van der Waals surface area contributed by atoms with Gasteiger partial charge in [-0.3, -0.25) is 0 Å². The second-order valence-corrected chi connectivity index (χ2v) is 4.37. The normalized spacial score (nSPS) is 9.71. The maximum absolute atomic E-state index is 5.72. The van der Waals surface area contributed by atoms with Crippen molar-refractivity contribution in [1.82, 2.24) is 4.98 Å². The average Bonchev–Trinajstić information content (AvgIpc) is 2.49. The first-order chi connectivity index (χ1) is 9.67. The molecule has 5 nitrogen and oxygen atoms in total. The molecule has 3 N–H and O–H groups in total. The second-order valence-electron chi connectivity index (χ2n) is 4.37. The summed E-state index contributed by atoms with van der Waals surface area (Å²) in [5.74, 6) is 2.12. The number of ether oxygens (including phenoxy) is 2. The maximum atomic E-state index is 5.72. The fourth-order valence-corrected chi connectivity index (χ4v) is 1.90. The van der Waals surface area contributed by atoms with Gasteiger partial charge in [0, 0.05) is 23.9 Å². The minimum absolute atomic E-state index is 0. The van der Waals surface area contributed by atoms with Crippen LogP contribution in [0.4, 0.5) is 11.5 Å². The van der Waals surface area contributed by atoms with E-state index in [1.807, 2.05) is 37.3 Å². The Hall–Kier alpha value is -1.98. The molecule has 0 fully saturated rings.